The van der Waals surface area contributed by atoms with Crippen LogP contribution >= 0.6 is 11.6 Å². The molecule has 2 aromatic rings. The number of nitrogens with one attached hydrogen (secondary N) is 1. The van der Waals surface area contributed by atoms with Gasteiger partial charge in [-0.15, -0.1) is 0 Å². The molecule has 0 saturated carbocycles. The second-order valence-corrected chi connectivity index (χ2v) is 6.69. The van der Waals surface area contributed by atoms with E-state index in [4.69, 9.17) is 16.3 Å². The highest BCUT2D eigenvalue weighted by Gasteiger charge is 2.37. The van der Waals surface area contributed by atoms with Crippen LogP contribution in [0.15, 0.2) is 35.9 Å². The Morgan fingerprint density at radius 2 is 1.82 bits per heavy atom. The van der Waals surface area contributed by atoms with Crippen molar-refractivity contribution in [2.75, 3.05) is 12.0 Å². The van der Waals surface area contributed by atoms with E-state index in [1.54, 1.807) is 18.2 Å². The lowest BCUT2D eigenvalue weighted by Crippen LogP contribution is -2.54. The average Bonchev–Trinajstić information content (AvgIpc) is 2.64. The SMILES string of the molecule is COc1cc(/C=C2\C(=O)NC(=O)N(c3ccc(C)c(C)c3)C2=O)cc(Cl)c1O. The van der Waals surface area contributed by atoms with Gasteiger partial charge < -0.3 is 9.84 Å². The van der Waals surface area contributed by atoms with E-state index in [2.05, 4.69) is 5.32 Å². The van der Waals surface area contributed by atoms with Crippen LogP contribution in [0.25, 0.3) is 6.08 Å². The molecule has 2 aromatic carbocycles. The van der Waals surface area contributed by atoms with E-state index < -0.39 is 17.8 Å². The minimum absolute atomic E-state index is 0.00282. The number of anilines is 1. The van der Waals surface area contributed by atoms with Crippen LogP contribution in [0.3, 0.4) is 0 Å². The van der Waals surface area contributed by atoms with Gasteiger partial charge in [-0.05, 0) is 60.9 Å². The molecule has 28 heavy (non-hydrogen) atoms. The zero-order valence-corrected chi connectivity index (χ0v) is 16.1. The molecule has 1 saturated heterocycles. The first-order valence-electron chi connectivity index (χ1n) is 8.28. The number of imide groups is 2. The summed E-state index contributed by atoms with van der Waals surface area (Å²) in [4.78, 5) is 38.4. The van der Waals surface area contributed by atoms with Gasteiger partial charge in [-0.1, -0.05) is 17.7 Å². The number of aromatic hydroxyl groups is 1. The number of aryl methyl sites for hydroxylation is 2. The van der Waals surface area contributed by atoms with Crippen molar-refractivity contribution in [1.82, 2.24) is 5.32 Å². The fourth-order valence-corrected chi connectivity index (χ4v) is 2.98. The second-order valence-electron chi connectivity index (χ2n) is 6.28. The number of benzene rings is 2. The highest BCUT2D eigenvalue weighted by atomic mass is 35.5. The van der Waals surface area contributed by atoms with Crippen molar-refractivity contribution in [1.29, 1.82) is 0 Å². The summed E-state index contributed by atoms with van der Waals surface area (Å²) in [5.41, 5.74) is 2.36. The molecule has 1 fully saturated rings. The number of carbonyl (C=O) groups excluding carboxylic acids is 3. The van der Waals surface area contributed by atoms with Crippen molar-refractivity contribution in [3.8, 4) is 11.5 Å². The minimum atomic E-state index is -0.822. The fraction of sp³-hybridized carbons (Fsp3) is 0.150. The maximum absolute atomic E-state index is 12.9. The Bertz CT molecular complexity index is 1050. The molecule has 0 spiro atoms. The van der Waals surface area contributed by atoms with Crippen molar-refractivity contribution < 1.29 is 24.2 Å². The van der Waals surface area contributed by atoms with E-state index in [0.29, 0.717) is 11.3 Å². The van der Waals surface area contributed by atoms with Crippen LogP contribution in [0.4, 0.5) is 10.5 Å². The molecule has 144 valence electrons. The van der Waals surface area contributed by atoms with E-state index >= 15 is 0 Å². The van der Waals surface area contributed by atoms with Crippen LogP contribution in [-0.4, -0.2) is 30.1 Å². The zero-order valence-electron chi connectivity index (χ0n) is 15.4. The smallest absolute Gasteiger partial charge is 0.335 e. The third-order valence-electron chi connectivity index (χ3n) is 4.43. The Morgan fingerprint density at radius 1 is 1.11 bits per heavy atom. The minimum Gasteiger partial charge on any atom is -0.503 e. The fourth-order valence-electron chi connectivity index (χ4n) is 2.76. The van der Waals surface area contributed by atoms with Gasteiger partial charge in [0, 0.05) is 0 Å². The normalized spacial score (nSPS) is 15.8. The molecule has 8 heteroatoms. The van der Waals surface area contributed by atoms with Crippen molar-refractivity contribution in [2.24, 2.45) is 0 Å². The summed E-state index contributed by atoms with van der Waals surface area (Å²) in [6.45, 7) is 3.77. The monoisotopic (exact) mass is 400 g/mol. The summed E-state index contributed by atoms with van der Waals surface area (Å²) in [6, 6.07) is 7.09. The third-order valence-corrected chi connectivity index (χ3v) is 4.72. The largest absolute Gasteiger partial charge is 0.503 e. The topological polar surface area (TPSA) is 95.9 Å². The van der Waals surface area contributed by atoms with Gasteiger partial charge in [0.15, 0.2) is 11.5 Å². The number of urea groups is 1. The number of carbonyl (C=O) groups is 3. The molecule has 3 rings (SSSR count). The quantitative estimate of drug-likeness (QED) is 0.608. The molecule has 0 radical (unpaired) electrons. The maximum Gasteiger partial charge on any atom is 0.335 e. The molecule has 0 aliphatic carbocycles. The van der Waals surface area contributed by atoms with Crippen molar-refractivity contribution in [3.05, 3.63) is 57.6 Å². The lowest BCUT2D eigenvalue weighted by Gasteiger charge is -2.26. The number of amides is 4. The van der Waals surface area contributed by atoms with Crippen LogP contribution < -0.4 is 15.0 Å². The van der Waals surface area contributed by atoms with Gasteiger partial charge in [0.1, 0.15) is 5.57 Å². The van der Waals surface area contributed by atoms with E-state index in [0.717, 1.165) is 16.0 Å². The van der Waals surface area contributed by atoms with Crippen LogP contribution in [0, 0.1) is 13.8 Å². The molecule has 0 bridgehead atoms. The standard InChI is InChI=1S/C20H17ClN2O5/c1-10-4-5-13(6-11(10)2)23-19(26)14(18(25)22-20(23)27)7-12-8-15(21)17(24)16(9-12)28-3/h4-9,24H,1-3H3,(H,22,25,27)/b14-7+. The van der Waals surface area contributed by atoms with Gasteiger partial charge in [-0.2, -0.15) is 0 Å². The van der Waals surface area contributed by atoms with Crippen molar-refractivity contribution >= 4 is 41.2 Å². The van der Waals surface area contributed by atoms with Gasteiger partial charge in [-0.25, -0.2) is 9.69 Å². The molecular formula is C20H17ClN2O5. The van der Waals surface area contributed by atoms with Crippen LogP contribution in [0.5, 0.6) is 11.5 Å². The Balaban J connectivity index is 2.06. The number of halogens is 1. The molecule has 0 unspecified atom stereocenters. The molecule has 1 aliphatic heterocycles. The number of barbiturate groups is 1. The number of rotatable bonds is 3. The first kappa shape index (κ1) is 19.4. The Kier molecular flexibility index (Phi) is 5.11. The predicted octanol–water partition coefficient (Wildman–Crippen LogP) is 3.34. The predicted molar refractivity (Wildman–Crippen MR) is 105 cm³/mol. The van der Waals surface area contributed by atoms with Crippen LogP contribution in [0.1, 0.15) is 16.7 Å². The summed E-state index contributed by atoms with van der Waals surface area (Å²) in [6.07, 6.45) is 1.28. The molecule has 2 N–H and O–H groups in total. The molecule has 0 aromatic heterocycles. The van der Waals surface area contributed by atoms with Gasteiger partial charge >= 0.3 is 6.03 Å². The third kappa shape index (κ3) is 3.44. The summed E-state index contributed by atoms with van der Waals surface area (Å²) in [5.74, 6) is -1.75. The maximum atomic E-state index is 12.9. The lowest BCUT2D eigenvalue weighted by molar-refractivity contribution is -0.122. The average molecular weight is 401 g/mol. The Hall–Kier alpha value is -3.32. The molecule has 4 amide bonds. The van der Waals surface area contributed by atoms with Crippen LogP contribution in [0.2, 0.25) is 5.02 Å². The van der Waals surface area contributed by atoms with Gasteiger partial charge in [0.05, 0.1) is 17.8 Å². The van der Waals surface area contributed by atoms with Crippen molar-refractivity contribution in [2.45, 2.75) is 13.8 Å². The second kappa shape index (κ2) is 7.36. The van der Waals surface area contributed by atoms with Gasteiger partial charge in [0.25, 0.3) is 11.8 Å². The van der Waals surface area contributed by atoms with Gasteiger partial charge in [0.2, 0.25) is 0 Å². The molecule has 1 heterocycles. The number of hydrogen-bond donors (Lipinski definition) is 2. The van der Waals surface area contributed by atoms with Crippen LogP contribution in [-0.2, 0) is 9.59 Å². The summed E-state index contributed by atoms with van der Waals surface area (Å²) in [7, 11) is 1.35. The van der Waals surface area contributed by atoms with Crippen molar-refractivity contribution in [3.63, 3.8) is 0 Å². The van der Waals surface area contributed by atoms with E-state index in [1.165, 1.54) is 25.3 Å². The number of phenols is 1. The Labute approximate surface area is 166 Å². The van der Waals surface area contributed by atoms with E-state index in [1.807, 2.05) is 13.8 Å². The van der Waals surface area contributed by atoms with E-state index in [-0.39, 0.29) is 22.1 Å². The first-order chi connectivity index (χ1) is 13.2. The highest BCUT2D eigenvalue weighted by Crippen LogP contribution is 2.36. The lowest BCUT2D eigenvalue weighted by atomic mass is 10.0. The van der Waals surface area contributed by atoms with E-state index in [9.17, 15) is 19.5 Å². The number of nitrogens with zero attached hydrogens (tertiary/aromatic N) is 1. The summed E-state index contributed by atoms with van der Waals surface area (Å²) < 4.78 is 5.03. The molecular weight excluding hydrogens is 384 g/mol. The molecule has 0 atom stereocenters. The number of phenolic OH excluding ortho intramolecular Hbond substituents is 1. The number of hydrogen-bond acceptors (Lipinski definition) is 5. The first-order valence-corrected chi connectivity index (χ1v) is 8.66. The zero-order chi connectivity index (χ0) is 20.6. The number of methoxy groups -OCH3 is 1. The Morgan fingerprint density at radius 3 is 2.46 bits per heavy atom. The number of ether oxygens (including phenoxy) is 1. The summed E-state index contributed by atoms with van der Waals surface area (Å²) >= 11 is 5.96. The molecule has 1 aliphatic rings. The highest BCUT2D eigenvalue weighted by molar-refractivity contribution is 6.39. The summed E-state index contributed by atoms with van der Waals surface area (Å²) in [5, 5.41) is 12.0. The van der Waals surface area contributed by atoms with Gasteiger partial charge in [-0.3, -0.25) is 14.9 Å². The molecule has 7 nitrogen and oxygen atoms in total.